The first-order chi connectivity index (χ1) is 15.1. The van der Waals surface area contributed by atoms with Crippen molar-refractivity contribution in [1.82, 2.24) is 4.73 Å². The standard InChI is InChI=1S/C24H31NO7/c1-11-3-6-14-13(9-11)5-4-12(2)17(14)20(28)18-19(27)15(10-25(31)23(18)29)24(30)8-7-16(26)21-22(24)32-21/h4-5,10-14,16-17,21-22,26-27,30-31H,3,6-9H2,1-2H3/t11-,12-,13-,14-,16-,17+,21-,22-,24+/m1/s1. The molecule has 3 fully saturated rings. The van der Waals surface area contributed by atoms with Crippen LogP contribution in [0.1, 0.15) is 61.9 Å². The largest absolute Gasteiger partial charge is 0.507 e. The lowest BCUT2D eigenvalue weighted by Gasteiger charge is -2.42. The van der Waals surface area contributed by atoms with Crippen molar-refractivity contribution in [3.8, 4) is 5.75 Å². The Hall–Kier alpha value is -2.16. The summed E-state index contributed by atoms with van der Waals surface area (Å²) in [5, 5.41) is 42.7. The number of hydrogen-bond donors (Lipinski definition) is 4. The Bertz CT molecular complexity index is 1030. The molecule has 2 heterocycles. The summed E-state index contributed by atoms with van der Waals surface area (Å²) in [5.41, 5.74) is -3.30. The van der Waals surface area contributed by atoms with E-state index in [-0.39, 0.29) is 40.9 Å². The number of epoxide rings is 1. The zero-order valence-electron chi connectivity index (χ0n) is 18.3. The van der Waals surface area contributed by atoms with E-state index >= 15 is 0 Å². The number of ether oxygens (including phenoxy) is 1. The number of nitrogens with zero attached hydrogens (tertiary/aromatic N) is 1. The topological polar surface area (TPSA) is 133 Å². The number of rotatable bonds is 3. The van der Waals surface area contributed by atoms with Crippen LogP contribution >= 0.6 is 0 Å². The van der Waals surface area contributed by atoms with Crippen LogP contribution in [0.4, 0.5) is 0 Å². The van der Waals surface area contributed by atoms with Gasteiger partial charge in [-0.25, -0.2) is 0 Å². The van der Waals surface area contributed by atoms with Gasteiger partial charge < -0.3 is 25.3 Å². The third kappa shape index (κ3) is 3.15. The van der Waals surface area contributed by atoms with Crippen LogP contribution in [0.2, 0.25) is 0 Å². The predicted molar refractivity (Wildman–Crippen MR) is 113 cm³/mol. The highest BCUT2D eigenvalue weighted by molar-refractivity contribution is 6.01. The van der Waals surface area contributed by atoms with Crippen LogP contribution in [-0.4, -0.2) is 49.4 Å². The van der Waals surface area contributed by atoms with Crippen molar-refractivity contribution in [2.24, 2.45) is 29.6 Å². The summed E-state index contributed by atoms with van der Waals surface area (Å²) in [6, 6.07) is 0. The summed E-state index contributed by atoms with van der Waals surface area (Å²) >= 11 is 0. The van der Waals surface area contributed by atoms with Crippen LogP contribution in [0, 0.1) is 29.6 Å². The molecule has 1 saturated heterocycles. The van der Waals surface area contributed by atoms with Crippen LogP contribution < -0.4 is 5.56 Å². The van der Waals surface area contributed by atoms with Gasteiger partial charge in [0.25, 0.3) is 5.56 Å². The third-order valence-electron chi connectivity index (χ3n) is 8.28. The SMILES string of the molecule is C[C@@H]1CC[C@H]2[C@@H](C(=O)c3c(O)c([C@@]4(O)CC[C@@H](O)[C@H]5O[C@H]54)cn(O)c3=O)[C@H](C)C=C[C@@H]2C1. The van der Waals surface area contributed by atoms with Crippen LogP contribution in [0.5, 0.6) is 5.75 Å². The van der Waals surface area contributed by atoms with Gasteiger partial charge in [0.15, 0.2) is 5.78 Å². The molecule has 1 aliphatic heterocycles. The van der Waals surface area contributed by atoms with Crippen LogP contribution in [-0.2, 0) is 10.3 Å². The van der Waals surface area contributed by atoms with Gasteiger partial charge in [-0.2, -0.15) is 4.73 Å². The number of carbonyl (C=O) groups excluding carboxylic acids is 1. The van der Waals surface area contributed by atoms with Gasteiger partial charge in [0.1, 0.15) is 29.1 Å². The average Bonchev–Trinajstić information content (AvgIpc) is 3.56. The smallest absolute Gasteiger partial charge is 0.297 e. The second-order valence-corrected chi connectivity index (χ2v) is 10.3. The molecule has 0 radical (unpaired) electrons. The molecule has 8 nitrogen and oxygen atoms in total. The molecule has 9 atom stereocenters. The molecule has 0 amide bonds. The van der Waals surface area contributed by atoms with E-state index in [2.05, 4.69) is 13.0 Å². The number of aliphatic hydroxyl groups excluding tert-OH is 1. The molecule has 4 N–H and O–H groups in total. The maximum atomic E-state index is 13.8. The highest BCUT2D eigenvalue weighted by Crippen LogP contribution is 2.52. The van der Waals surface area contributed by atoms with Gasteiger partial charge in [0.2, 0.25) is 0 Å². The lowest BCUT2D eigenvalue weighted by atomic mass is 9.61. The number of ketones is 1. The number of hydrogen-bond acceptors (Lipinski definition) is 7. The summed E-state index contributed by atoms with van der Waals surface area (Å²) in [7, 11) is 0. The molecule has 174 valence electrons. The molecule has 3 aliphatic carbocycles. The average molecular weight is 446 g/mol. The van der Waals surface area contributed by atoms with Crippen LogP contribution in [0.3, 0.4) is 0 Å². The van der Waals surface area contributed by atoms with Crippen LogP contribution in [0.15, 0.2) is 23.1 Å². The molecule has 0 spiro atoms. The molecule has 1 aromatic heterocycles. The van der Waals surface area contributed by atoms with Crippen molar-refractivity contribution in [1.29, 1.82) is 0 Å². The Labute approximate surface area is 186 Å². The number of aromatic hydroxyl groups is 1. The van der Waals surface area contributed by atoms with Gasteiger partial charge in [-0.1, -0.05) is 32.4 Å². The zero-order valence-corrected chi connectivity index (χ0v) is 18.3. The number of pyridine rings is 1. The molecule has 8 heteroatoms. The summed E-state index contributed by atoms with van der Waals surface area (Å²) in [6.45, 7) is 4.14. The van der Waals surface area contributed by atoms with Crippen molar-refractivity contribution in [3.05, 3.63) is 39.8 Å². The fourth-order valence-corrected chi connectivity index (χ4v) is 6.44. The number of carbonyl (C=O) groups is 1. The van der Waals surface area contributed by atoms with Crippen molar-refractivity contribution < 1.29 is 30.1 Å². The van der Waals surface area contributed by atoms with Gasteiger partial charge in [0.05, 0.1) is 12.3 Å². The molecular weight excluding hydrogens is 414 g/mol. The maximum absolute atomic E-state index is 13.8. The minimum absolute atomic E-state index is 0.0670. The molecule has 0 bridgehead atoms. The molecule has 5 rings (SSSR count). The van der Waals surface area contributed by atoms with Gasteiger partial charge in [-0.05, 0) is 49.4 Å². The van der Waals surface area contributed by atoms with Crippen molar-refractivity contribution in [3.63, 3.8) is 0 Å². The Balaban J connectivity index is 1.56. The first-order valence-electron chi connectivity index (χ1n) is 11.6. The third-order valence-corrected chi connectivity index (χ3v) is 8.28. The van der Waals surface area contributed by atoms with Gasteiger partial charge in [-0.3, -0.25) is 9.59 Å². The van der Waals surface area contributed by atoms with E-state index in [1.165, 1.54) is 0 Å². The fraction of sp³-hybridized carbons (Fsp3) is 0.667. The molecule has 2 saturated carbocycles. The highest BCUT2D eigenvalue weighted by atomic mass is 16.6. The van der Waals surface area contributed by atoms with Crippen molar-refractivity contribution in [2.45, 2.75) is 69.9 Å². The lowest BCUT2D eigenvalue weighted by Crippen LogP contribution is -2.44. The lowest BCUT2D eigenvalue weighted by molar-refractivity contribution is -0.0246. The minimum atomic E-state index is -1.71. The van der Waals surface area contributed by atoms with Gasteiger partial charge >= 0.3 is 0 Å². The summed E-state index contributed by atoms with van der Waals surface area (Å²) in [6.07, 6.45) is 6.25. The number of fused-ring (bicyclic) bond motifs is 2. The number of Topliss-reactive ketones (excluding diaryl/α,β-unsaturated/α-hetero) is 1. The second-order valence-electron chi connectivity index (χ2n) is 10.3. The summed E-state index contributed by atoms with van der Waals surface area (Å²) < 4.78 is 5.70. The van der Waals surface area contributed by atoms with E-state index in [0.29, 0.717) is 5.92 Å². The first kappa shape index (κ1) is 21.7. The molecule has 1 aromatic rings. The van der Waals surface area contributed by atoms with Gasteiger partial charge in [0, 0.05) is 11.5 Å². The molecule has 0 unspecified atom stereocenters. The molecule has 32 heavy (non-hydrogen) atoms. The van der Waals surface area contributed by atoms with Crippen LogP contribution in [0.25, 0.3) is 0 Å². The van der Waals surface area contributed by atoms with E-state index in [0.717, 1.165) is 25.5 Å². The Morgan fingerprint density at radius 2 is 1.97 bits per heavy atom. The first-order valence-corrected chi connectivity index (χ1v) is 11.6. The maximum Gasteiger partial charge on any atom is 0.297 e. The fourth-order valence-electron chi connectivity index (χ4n) is 6.44. The molecule has 0 aromatic carbocycles. The molecule has 4 aliphatic rings. The zero-order chi connectivity index (χ0) is 22.9. The number of allylic oxidation sites excluding steroid dienone is 2. The van der Waals surface area contributed by atoms with E-state index < -0.39 is 52.5 Å². The number of aliphatic hydroxyl groups is 2. The Morgan fingerprint density at radius 1 is 1.22 bits per heavy atom. The monoisotopic (exact) mass is 445 g/mol. The normalized spacial score (nSPS) is 42.8. The van der Waals surface area contributed by atoms with E-state index in [1.54, 1.807) is 0 Å². The van der Waals surface area contributed by atoms with E-state index in [9.17, 15) is 30.1 Å². The van der Waals surface area contributed by atoms with Gasteiger partial charge in [-0.15, -0.1) is 0 Å². The van der Waals surface area contributed by atoms with E-state index in [1.807, 2.05) is 13.0 Å². The second kappa shape index (κ2) is 7.43. The van der Waals surface area contributed by atoms with E-state index in [4.69, 9.17) is 4.74 Å². The highest BCUT2D eigenvalue weighted by Gasteiger charge is 2.62. The quantitative estimate of drug-likeness (QED) is 0.242. The Kier molecular flexibility index (Phi) is 5.03. The summed E-state index contributed by atoms with van der Waals surface area (Å²) in [5.74, 6) is -0.812. The molecular formula is C24H31NO7. The predicted octanol–water partition coefficient (Wildman–Crippen LogP) is 1.96. The van der Waals surface area contributed by atoms with Crippen molar-refractivity contribution in [2.75, 3.05) is 0 Å². The number of aromatic nitrogens is 1. The summed E-state index contributed by atoms with van der Waals surface area (Å²) in [4.78, 5) is 26.6. The Morgan fingerprint density at radius 3 is 2.72 bits per heavy atom. The minimum Gasteiger partial charge on any atom is -0.507 e. The van der Waals surface area contributed by atoms with Crippen molar-refractivity contribution >= 4 is 5.78 Å².